The Labute approximate surface area is 172 Å². The highest BCUT2D eigenvalue weighted by Crippen LogP contribution is 2.63. The number of anilines is 1. The molecule has 1 aliphatic rings. The van der Waals surface area contributed by atoms with Gasteiger partial charge in [-0.3, -0.25) is 9.46 Å². The molecule has 20 heteroatoms. The molecule has 0 amide bonds. The number of ether oxygens (including phenoxy) is 1. The monoisotopic (exact) mass is 508 g/mol. The molecule has 0 radical (unpaired) electrons. The van der Waals surface area contributed by atoms with Gasteiger partial charge in [0.15, 0.2) is 18.0 Å². The standard InChI is InChI=1S/C11H13FN3O13P3/c1-2-11(5-24-29(19)27-31(22,23)28-30(20,21)26-18)8(16)7(12)9(25-11)15-4-3-6(13)14-10(15)17/h1,3-4,7-9,16H,5H2,(H4-,13,14,17,18,20,21,22,23)/p+1/t7-,8-,9+,11+/m0/s1. The lowest BCUT2D eigenvalue weighted by molar-refractivity contribution is -0.157. The summed E-state index contributed by atoms with van der Waals surface area (Å²) < 4.78 is 69.4. The fourth-order valence-corrected chi connectivity index (χ4v) is 5.00. The maximum atomic E-state index is 14.6. The number of halogens is 1. The van der Waals surface area contributed by atoms with E-state index in [1.807, 2.05) is 5.92 Å². The van der Waals surface area contributed by atoms with Crippen LogP contribution >= 0.6 is 23.9 Å². The molecule has 1 aromatic rings. The summed E-state index contributed by atoms with van der Waals surface area (Å²) in [5.41, 5.74) is 1.93. The maximum absolute atomic E-state index is 14.6. The number of aromatic nitrogens is 2. The predicted octanol–water partition coefficient (Wildman–Crippen LogP) is -0.177. The fourth-order valence-electron chi connectivity index (χ4n) is 2.29. The summed E-state index contributed by atoms with van der Waals surface area (Å²) in [5, 5.41) is 18.2. The van der Waals surface area contributed by atoms with E-state index in [1.54, 1.807) is 0 Å². The molecular formula is C11H14FN3O13P3+. The maximum Gasteiger partial charge on any atom is 0.708 e. The number of terminal acetylenes is 1. The summed E-state index contributed by atoms with van der Waals surface area (Å²) >= 11 is 0. The molecule has 16 nitrogen and oxygen atoms in total. The lowest BCUT2D eigenvalue weighted by atomic mass is 9.98. The van der Waals surface area contributed by atoms with Gasteiger partial charge in [0.05, 0.1) is 0 Å². The van der Waals surface area contributed by atoms with Crippen LogP contribution in [0.2, 0.25) is 0 Å². The molecule has 0 spiro atoms. The van der Waals surface area contributed by atoms with Crippen molar-refractivity contribution in [3.63, 3.8) is 0 Å². The van der Waals surface area contributed by atoms with Gasteiger partial charge < -0.3 is 20.5 Å². The molecule has 3 unspecified atom stereocenters. The molecule has 1 aliphatic heterocycles. The van der Waals surface area contributed by atoms with Crippen molar-refractivity contribution in [1.29, 1.82) is 0 Å². The minimum absolute atomic E-state index is 0.175. The molecule has 1 aromatic heterocycles. The van der Waals surface area contributed by atoms with Crippen LogP contribution in [-0.4, -0.2) is 54.2 Å². The topological polar surface area (TPSA) is 239 Å². The van der Waals surface area contributed by atoms with Crippen molar-refractivity contribution in [3.05, 3.63) is 22.7 Å². The Morgan fingerprint density at radius 2 is 2.10 bits per heavy atom. The summed E-state index contributed by atoms with van der Waals surface area (Å²) in [7, 11) is -14.7. The van der Waals surface area contributed by atoms with Crippen LogP contribution in [0.1, 0.15) is 6.23 Å². The van der Waals surface area contributed by atoms with Gasteiger partial charge in [-0.25, -0.2) is 23.6 Å². The zero-order valence-corrected chi connectivity index (χ0v) is 17.5. The van der Waals surface area contributed by atoms with E-state index in [0.717, 1.165) is 12.3 Å². The Morgan fingerprint density at radius 1 is 1.45 bits per heavy atom. The first kappa shape index (κ1) is 25.6. The van der Waals surface area contributed by atoms with Crippen molar-refractivity contribution >= 4 is 29.7 Å². The van der Waals surface area contributed by atoms with Crippen LogP contribution in [0.4, 0.5) is 10.2 Å². The minimum atomic E-state index is -5.58. The number of nitrogens with two attached hydrogens (primary N) is 1. The third kappa shape index (κ3) is 5.99. The van der Waals surface area contributed by atoms with E-state index < -0.39 is 60.3 Å². The number of alkyl halides is 1. The van der Waals surface area contributed by atoms with Gasteiger partial charge in [-0.1, -0.05) is 5.92 Å². The molecule has 0 aliphatic carbocycles. The molecule has 0 aromatic carbocycles. The van der Waals surface area contributed by atoms with Crippen LogP contribution in [-0.2, 0) is 36.3 Å². The zero-order valence-electron chi connectivity index (χ0n) is 14.8. The van der Waals surface area contributed by atoms with Crippen LogP contribution < -0.4 is 11.4 Å². The Kier molecular flexibility index (Phi) is 7.83. The number of nitrogens with zero attached hydrogens (tertiary/aromatic N) is 2. The molecule has 172 valence electrons. The van der Waals surface area contributed by atoms with Crippen LogP contribution in [0, 0.1) is 12.3 Å². The number of hydrogen-bond acceptors (Lipinski definition) is 13. The van der Waals surface area contributed by atoms with E-state index in [9.17, 15) is 32.9 Å². The van der Waals surface area contributed by atoms with Gasteiger partial charge in [0.25, 0.3) is 0 Å². The van der Waals surface area contributed by atoms with E-state index in [2.05, 4.69) is 22.8 Å². The summed E-state index contributed by atoms with van der Waals surface area (Å²) in [5.74, 6) is 1.70. The molecular weight excluding hydrogens is 494 g/mol. The van der Waals surface area contributed by atoms with E-state index in [-0.39, 0.29) is 5.82 Å². The van der Waals surface area contributed by atoms with Gasteiger partial charge in [0, 0.05) is 10.8 Å². The summed E-state index contributed by atoms with van der Waals surface area (Å²) in [6.07, 6.45) is 0.0132. The van der Waals surface area contributed by atoms with Crippen molar-refractivity contribution in [2.75, 3.05) is 12.3 Å². The van der Waals surface area contributed by atoms with Gasteiger partial charge >= 0.3 is 29.6 Å². The third-order valence-electron chi connectivity index (χ3n) is 3.62. The van der Waals surface area contributed by atoms with Crippen molar-refractivity contribution in [1.82, 2.24) is 9.55 Å². The van der Waals surface area contributed by atoms with E-state index in [1.165, 1.54) is 0 Å². The summed E-state index contributed by atoms with van der Waals surface area (Å²) in [6, 6.07) is 1.13. The molecule has 0 saturated carbocycles. The summed E-state index contributed by atoms with van der Waals surface area (Å²) in [6.45, 7) is -1.11. The number of nitrogen functional groups attached to an aromatic ring is 1. The van der Waals surface area contributed by atoms with Crippen LogP contribution in [0.15, 0.2) is 17.1 Å². The quantitative estimate of drug-likeness (QED) is 0.126. The SMILES string of the molecule is C#C[C@]1(CO[P+](=O)OP(=O)(O)OP(=O)(O)OO)O[C@@H](n2ccc(N)nc2=O)[C@@H](F)[C@@H]1O. The average Bonchev–Trinajstić information content (AvgIpc) is 2.91. The second kappa shape index (κ2) is 9.47. The number of aliphatic hydroxyl groups is 1. The van der Waals surface area contributed by atoms with Crippen LogP contribution in [0.3, 0.4) is 0 Å². The van der Waals surface area contributed by atoms with Crippen LogP contribution in [0.5, 0.6) is 0 Å². The molecule has 1 saturated heterocycles. The second-order valence-electron chi connectivity index (χ2n) is 5.65. The molecule has 31 heavy (non-hydrogen) atoms. The van der Waals surface area contributed by atoms with Crippen molar-refractivity contribution in [3.8, 4) is 12.3 Å². The highest BCUT2D eigenvalue weighted by molar-refractivity contribution is 7.64. The highest BCUT2D eigenvalue weighted by atomic mass is 31.3. The molecule has 0 bridgehead atoms. The highest BCUT2D eigenvalue weighted by Gasteiger charge is 2.58. The summed E-state index contributed by atoms with van der Waals surface area (Å²) in [4.78, 5) is 33.2. The van der Waals surface area contributed by atoms with Crippen molar-refractivity contribution in [2.24, 2.45) is 0 Å². The number of hydrogen-bond donors (Lipinski definition) is 5. The second-order valence-corrected chi connectivity index (χ2v) is 9.70. The number of rotatable bonds is 9. The Balaban J connectivity index is 2.13. The number of phosphoric acid groups is 2. The number of aliphatic hydroxyl groups excluding tert-OH is 1. The largest absolute Gasteiger partial charge is 0.708 e. The minimum Gasteiger partial charge on any atom is -0.386 e. The normalized spacial score (nSPS) is 30.2. The predicted molar refractivity (Wildman–Crippen MR) is 94.6 cm³/mol. The third-order valence-corrected chi connectivity index (χ3v) is 7.17. The smallest absolute Gasteiger partial charge is 0.386 e. The Hall–Kier alpha value is -1.63. The van der Waals surface area contributed by atoms with Crippen molar-refractivity contribution < 1.29 is 60.8 Å². The fraction of sp³-hybridized carbons (Fsp3) is 0.455. The molecule has 2 heterocycles. The Morgan fingerprint density at radius 3 is 2.65 bits per heavy atom. The van der Waals surface area contributed by atoms with E-state index in [0.29, 0.717) is 4.57 Å². The molecule has 6 N–H and O–H groups in total. The first-order valence-electron chi connectivity index (χ1n) is 7.58. The zero-order chi connectivity index (χ0) is 23.6. The Bertz CT molecular complexity index is 1050. The van der Waals surface area contributed by atoms with Gasteiger partial charge in [-0.05, 0) is 10.4 Å². The lowest BCUT2D eigenvalue weighted by Gasteiger charge is -2.23. The van der Waals surface area contributed by atoms with Gasteiger partial charge in [-0.15, -0.1) is 15.6 Å². The first-order valence-corrected chi connectivity index (χ1v) is 11.7. The van der Waals surface area contributed by atoms with E-state index in [4.69, 9.17) is 27.0 Å². The first-order chi connectivity index (χ1) is 14.3. The van der Waals surface area contributed by atoms with Gasteiger partial charge in [-0.2, -0.15) is 9.29 Å². The van der Waals surface area contributed by atoms with Crippen LogP contribution in [0.25, 0.3) is 0 Å². The van der Waals surface area contributed by atoms with Gasteiger partial charge in [0.1, 0.15) is 18.5 Å². The average molecular weight is 508 g/mol. The lowest BCUT2D eigenvalue weighted by Crippen LogP contribution is -2.44. The molecule has 2 rings (SSSR count). The van der Waals surface area contributed by atoms with Gasteiger partial charge in [0.2, 0.25) is 0 Å². The molecule has 1 fully saturated rings. The molecule has 7 atom stereocenters. The van der Waals surface area contributed by atoms with Crippen molar-refractivity contribution in [2.45, 2.75) is 24.1 Å². The van der Waals surface area contributed by atoms with E-state index >= 15 is 0 Å².